The highest BCUT2D eigenvalue weighted by molar-refractivity contribution is 7.09. The summed E-state index contributed by atoms with van der Waals surface area (Å²) in [6.45, 7) is 0.458. The summed E-state index contributed by atoms with van der Waals surface area (Å²) >= 11 is 7.28. The van der Waals surface area contributed by atoms with Crippen LogP contribution in [0.3, 0.4) is 0 Å². The summed E-state index contributed by atoms with van der Waals surface area (Å²) in [5.74, 6) is 1.24. The van der Waals surface area contributed by atoms with E-state index in [0.717, 1.165) is 27.4 Å². The molecule has 19 heavy (non-hydrogen) atoms. The number of hydrogen-bond acceptors (Lipinski definition) is 4. The molecule has 2 heterocycles. The average Bonchev–Trinajstić information content (AvgIpc) is 2.93. The molecule has 3 nitrogen and oxygen atoms in total. The zero-order chi connectivity index (χ0) is 13.1. The lowest BCUT2D eigenvalue weighted by molar-refractivity contribution is 0.306. The fraction of sp³-hybridized carbons (Fsp3) is 0.143. The first-order valence-corrected chi connectivity index (χ1v) is 7.23. The normalized spacial score (nSPS) is 10.8. The molecule has 0 fully saturated rings. The second kappa shape index (κ2) is 5.55. The molecule has 0 aliphatic heterocycles. The van der Waals surface area contributed by atoms with Gasteiger partial charge in [-0.3, -0.25) is 4.98 Å². The van der Waals surface area contributed by atoms with E-state index in [9.17, 15) is 0 Å². The number of rotatable bonds is 4. The molecule has 0 aliphatic rings. The van der Waals surface area contributed by atoms with Crippen molar-refractivity contribution >= 4 is 33.8 Å². The Morgan fingerprint density at radius 1 is 1.26 bits per heavy atom. The number of benzene rings is 1. The monoisotopic (exact) mass is 290 g/mol. The van der Waals surface area contributed by atoms with E-state index in [4.69, 9.17) is 16.3 Å². The average molecular weight is 291 g/mol. The molecule has 96 valence electrons. The summed E-state index contributed by atoms with van der Waals surface area (Å²) < 4.78 is 5.72. The molecule has 0 N–H and O–H groups in total. The van der Waals surface area contributed by atoms with E-state index in [1.807, 2.05) is 35.7 Å². The fourth-order valence-electron chi connectivity index (χ4n) is 1.76. The largest absolute Gasteiger partial charge is 0.486 e. The van der Waals surface area contributed by atoms with E-state index < -0.39 is 0 Å². The van der Waals surface area contributed by atoms with Gasteiger partial charge in [0.05, 0.1) is 17.1 Å². The predicted octanol–water partition coefficient (Wildman–Crippen LogP) is 4.01. The summed E-state index contributed by atoms with van der Waals surface area (Å²) in [6.07, 6.45) is 1.78. The Bertz CT molecular complexity index is 698. The van der Waals surface area contributed by atoms with Gasteiger partial charge in [0.2, 0.25) is 0 Å². The van der Waals surface area contributed by atoms with Crippen LogP contribution in [0.15, 0.2) is 41.9 Å². The van der Waals surface area contributed by atoms with E-state index in [2.05, 4.69) is 9.97 Å². The van der Waals surface area contributed by atoms with Crippen molar-refractivity contribution in [2.75, 3.05) is 0 Å². The first kappa shape index (κ1) is 12.4. The summed E-state index contributed by atoms with van der Waals surface area (Å²) in [5.41, 5.74) is 1.83. The fourth-order valence-corrected chi connectivity index (χ4v) is 2.69. The molecular formula is C14H11ClN2OS. The van der Waals surface area contributed by atoms with E-state index >= 15 is 0 Å². The van der Waals surface area contributed by atoms with Gasteiger partial charge in [-0.1, -0.05) is 6.07 Å². The van der Waals surface area contributed by atoms with E-state index in [1.165, 1.54) is 0 Å². The highest BCUT2D eigenvalue weighted by Crippen LogP contribution is 2.20. The number of aromatic nitrogens is 2. The number of fused-ring (bicyclic) bond motifs is 1. The van der Waals surface area contributed by atoms with Crippen molar-refractivity contribution < 1.29 is 4.74 Å². The van der Waals surface area contributed by atoms with Crippen LogP contribution in [-0.4, -0.2) is 9.97 Å². The highest BCUT2D eigenvalue weighted by atomic mass is 35.5. The Morgan fingerprint density at radius 3 is 3.05 bits per heavy atom. The molecule has 2 aromatic heterocycles. The molecule has 3 aromatic rings. The number of halogens is 1. The lowest BCUT2D eigenvalue weighted by atomic mass is 10.2. The Hall–Kier alpha value is -1.65. The van der Waals surface area contributed by atoms with Crippen LogP contribution < -0.4 is 4.74 Å². The quantitative estimate of drug-likeness (QED) is 0.681. The van der Waals surface area contributed by atoms with Gasteiger partial charge in [0.25, 0.3) is 0 Å². The van der Waals surface area contributed by atoms with Crippen molar-refractivity contribution in [2.24, 2.45) is 0 Å². The molecule has 5 heteroatoms. The Balaban J connectivity index is 1.74. The standard InChI is InChI=1S/C14H11ClN2OS/c15-7-11-9-19-14(17-11)8-18-12-4-3-10-2-1-5-16-13(10)6-12/h1-6,9H,7-8H2. The minimum atomic E-state index is 0.441. The van der Waals surface area contributed by atoms with Gasteiger partial charge in [0, 0.05) is 23.0 Å². The van der Waals surface area contributed by atoms with E-state index in [0.29, 0.717) is 12.5 Å². The number of ether oxygens (including phenoxy) is 1. The summed E-state index contributed by atoms with van der Waals surface area (Å²) in [5, 5.41) is 3.98. The Labute approximate surface area is 119 Å². The first-order chi connectivity index (χ1) is 9.35. The van der Waals surface area contributed by atoms with Crippen LogP contribution >= 0.6 is 22.9 Å². The van der Waals surface area contributed by atoms with Crippen molar-refractivity contribution in [1.29, 1.82) is 0 Å². The zero-order valence-corrected chi connectivity index (χ0v) is 11.6. The SMILES string of the molecule is ClCc1csc(COc2ccc3cccnc3c2)n1. The summed E-state index contributed by atoms with van der Waals surface area (Å²) in [6, 6.07) is 9.83. The van der Waals surface area contributed by atoms with Gasteiger partial charge in [-0.05, 0) is 18.2 Å². The number of alkyl halides is 1. The van der Waals surface area contributed by atoms with Crippen LogP contribution in [0.25, 0.3) is 10.9 Å². The second-order valence-corrected chi connectivity index (χ2v) is 5.22. The van der Waals surface area contributed by atoms with E-state index in [-0.39, 0.29) is 0 Å². The van der Waals surface area contributed by atoms with Gasteiger partial charge in [0.15, 0.2) is 0 Å². The zero-order valence-electron chi connectivity index (χ0n) is 10.0. The number of pyridine rings is 1. The Kier molecular flexibility index (Phi) is 3.62. The maximum atomic E-state index is 5.72. The molecule has 3 rings (SSSR count). The van der Waals surface area contributed by atoms with Gasteiger partial charge in [-0.25, -0.2) is 4.98 Å². The van der Waals surface area contributed by atoms with Crippen LogP contribution in [-0.2, 0) is 12.5 Å². The van der Waals surface area contributed by atoms with Gasteiger partial charge < -0.3 is 4.74 Å². The third kappa shape index (κ3) is 2.85. The smallest absolute Gasteiger partial charge is 0.140 e. The van der Waals surface area contributed by atoms with Crippen LogP contribution in [0, 0.1) is 0 Å². The van der Waals surface area contributed by atoms with Crippen LogP contribution in [0.5, 0.6) is 5.75 Å². The minimum Gasteiger partial charge on any atom is -0.486 e. The molecule has 0 amide bonds. The first-order valence-electron chi connectivity index (χ1n) is 5.82. The number of thiazole rings is 1. The molecule has 0 unspecified atom stereocenters. The molecule has 0 atom stereocenters. The molecular weight excluding hydrogens is 280 g/mol. The number of nitrogens with zero attached hydrogens (tertiary/aromatic N) is 2. The minimum absolute atomic E-state index is 0.441. The van der Waals surface area contributed by atoms with Gasteiger partial charge in [0.1, 0.15) is 17.4 Å². The van der Waals surface area contributed by atoms with Crippen LogP contribution in [0.1, 0.15) is 10.7 Å². The third-order valence-corrected chi connectivity index (χ3v) is 3.82. The van der Waals surface area contributed by atoms with Gasteiger partial charge >= 0.3 is 0 Å². The Morgan fingerprint density at radius 2 is 2.21 bits per heavy atom. The van der Waals surface area contributed by atoms with Crippen LogP contribution in [0.4, 0.5) is 0 Å². The predicted molar refractivity (Wildman–Crippen MR) is 77.7 cm³/mol. The topological polar surface area (TPSA) is 35.0 Å². The van der Waals surface area contributed by atoms with Crippen molar-refractivity contribution in [3.63, 3.8) is 0 Å². The van der Waals surface area contributed by atoms with E-state index in [1.54, 1.807) is 17.5 Å². The molecule has 0 saturated carbocycles. The second-order valence-electron chi connectivity index (χ2n) is 4.01. The lowest BCUT2D eigenvalue weighted by Gasteiger charge is -2.05. The molecule has 0 saturated heterocycles. The molecule has 0 radical (unpaired) electrons. The highest BCUT2D eigenvalue weighted by Gasteiger charge is 2.03. The molecule has 0 aliphatic carbocycles. The van der Waals surface area contributed by atoms with Crippen molar-refractivity contribution in [3.05, 3.63) is 52.6 Å². The maximum Gasteiger partial charge on any atom is 0.140 e. The van der Waals surface area contributed by atoms with Gasteiger partial charge in [-0.15, -0.1) is 22.9 Å². The third-order valence-electron chi connectivity index (χ3n) is 2.68. The number of hydrogen-bond donors (Lipinski definition) is 0. The van der Waals surface area contributed by atoms with Crippen molar-refractivity contribution in [3.8, 4) is 5.75 Å². The molecule has 0 spiro atoms. The maximum absolute atomic E-state index is 5.72. The summed E-state index contributed by atoms with van der Waals surface area (Å²) in [4.78, 5) is 8.66. The van der Waals surface area contributed by atoms with Gasteiger partial charge in [-0.2, -0.15) is 0 Å². The van der Waals surface area contributed by atoms with Crippen LogP contribution in [0.2, 0.25) is 0 Å². The lowest BCUT2D eigenvalue weighted by Crippen LogP contribution is -1.95. The molecule has 1 aromatic carbocycles. The van der Waals surface area contributed by atoms with Crippen molar-refractivity contribution in [2.45, 2.75) is 12.5 Å². The molecule has 0 bridgehead atoms. The summed E-state index contributed by atoms with van der Waals surface area (Å²) in [7, 11) is 0. The van der Waals surface area contributed by atoms with Crippen molar-refractivity contribution in [1.82, 2.24) is 9.97 Å².